The predicted molar refractivity (Wildman–Crippen MR) is 111 cm³/mol. The van der Waals surface area contributed by atoms with E-state index < -0.39 is 0 Å². The van der Waals surface area contributed by atoms with Gasteiger partial charge < -0.3 is 19.7 Å². The van der Waals surface area contributed by atoms with Gasteiger partial charge in [-0.1, -0.05) is 30.3 Å². The van der Waals surface area contributed by atoms with E-state index in [2.05, 4.69) is 5.32 Å². The number of benzene rings is 2. The van der Waals surface area contributed by atoms with Crippen LogP contribution in [0.5, 0.6) is 11.5 Å². The fourth-order valence-corrected chi connectivity index (χ4v) is 3.70. The molecule has 29 heavy (non-hydrogen) atoms. The van der Waals surface area contributed by atoms with Crippen LogP contribution in [0.25, 0.3) is 0 Å². The minimum Gasteiger partial charge on any atom is -0.496 e. The van der Waals surface area contributed by atoms with E-state index >= 15 is 0 Å². The van der Waals surface area contributed by atoms with Crippen molar-refractivity contribution in [2.75, 3.05) is 27.3 Å². The lowest BCUT2D eigenvalue weighted by Gasteiger charge is -2.32. The first-order chi connectivity index (χ1) is 14.0. The van der Waals surface area contributed by atoms with Crippen LogP contribution in [0.3, 0.4) is 0 Å². The fraction of sp³-hybridized carbons (Fsp3) is 0.391. The second-order valence-corrected chi connectivity index (χ2v) is 7.25. The molecule has 0 aromatic heterocycles. The van der Waals surface area contributed by atoms with Gasteiger partial charge in [-0.25, -0.2) is 0 Å². The molecular weight excluding hydrogens is 368 g/mol. The standard InChI is InChI=1S/C23H28N2O4/c1-16-7-4-5-8-18(16)15-24-22(26)17-11-13-25(14-12-17)23(27)21-19(28-2)9-6-10-20(21)29-3/h4-10,17H,11-15H2,1-3H3,(H,24,26). The van der Waals surface area contributed by atoms with Gasteiger partial charge in [0, 0.05) is 25.6 Å². The first-order valence-corrected chi connectivity index (χ1v) is 9.87. The number of rotatable bonds is 6. The Labute approximate surface area is 171 Å². The lowest BCUT2D eigenvalue weighted by atomic mass is 9.95. The Balaban J connectivity index is 1.58. The molecule has 2 amide bonds. The van der Waals surface area contributed by atoms with Crippen LogP contribution in [0, 0.1) is 12.8 Å². The molecule has 0 atom stereocenters. The van der Waals surface area contributed by atoms with Gasteiger partial charge in [-0.2, -0.15) is 0 Å². The van der Waals surface area contributed by atoms with E-state index in [1.807, 2.05) is 31.2 Å². The first kappa shape index (κ1) is 20.7. The largest absolute Gasteiger partial charge is 0.496 e. The molecule has 0 aliphatic carbocycles. The number of hydrogen-bond acceptors (Lipinski definition) is 4. The zero-order valence-electron chi connectivity index (χ0n) is 17.2. The Morgan fingerprint density at radius 2 is 1.62 bits per heavy atom. The minimum atomic E-state index is -0.127. The van der Waals surface area contributed by atoms with Crippen molar-refractivity contribution in [1.82, 2.24) is 10.2 Å². The average Bonchev–Trinajstić information content (AvgIpc) is 2.77. The molecule has 1 aliphatic rings. The first-order valence-electron chi connectivity index (χ1n) is 9.87. The number of likely N-dealkylation sites (tertiary alicyclic amines) is 1. The third kappa shape index (κ3) is 4.70. The summed E-state index contributed by atoms with van der Waals surface area (Å²) >= 11 is 0. The van der Waals surface area contributed by atoms with Gasteiger partial charge in [0.1, 0.15) is 17.1 Å². The molecule has 1 heterocycles. The normalized spacial score (nSPS) is 14.4. The highest BCUT2D eigenvalue weighted by Gasteiger charge is 2.30. The molecule has 0 bridgehead atoms. The average molecular weight is 396 g/mol. The summed E-state index contributed by atoms with van der Waals surface area (Å²) in [6.45, 7) is 3.63. The van der Waals surface area contributed by atoms with E-state index in [1.165, 1.54) is 19.8 Å². The number of hydrogen-bond donors (Lipinski definition) is 1. The van der Waals surface area contributed by atoms with E-state index in [1.54, 1.807) is 23.1 Å². The second-order valence-electron chi connectivity index (χ2n) is 7.25. The maximum atomic E-state index is 13.0. The summed E-state index contributed by atoms with van der Waals surface area (Å²) in [5, 5.41) is 3.04. The molecule has 154 valence electrons. The lowest BCUT2D eigenvalue weighted by molar-refractivity contribution is -0.126. The topological polar surface area (TPSA) is 67.9 Å². The smallest absolute Gasteiger partial charge is 0.261 e. The van der Waals surface area contributed by atoms with Crippen molar-refractivity contribution in [2.24, 2.45) is 5.92 Å². The maximum Gasteiger partial charge on any atom is 0.261 e. The molecule has 2 aromatic carbocycles. The van der Waals surface area contributed by atoms with Crippen molar-refractivity contribution in [3.8, 4) is 11.5 Å². The maximum absolute atomic E-state index is 13.0. The van der Waals surface area contributed by atoms with Crippen molar-refractivity contribution in [2.45, 2.75) is 26.3 Å². The number of aryl methyl sites for hydroxylation is 1. The second kappa shape index (κ2) is 9.45. The van der Waals surface area contributed by atoms with Crippen LogP contribution < -0.4 is 14.8 Å². The molecular formula is C23H28N2O4. The van der Waals surface area contributed by atoms with Crippen LogP contribution in [0.15, 0.2) is 42.5 Å². The highest BCUT2D eigenvalue weighted by Crippen LogP contribution is 2.31. The summed E-state index contributed by atoms with van der Waals surface area (Å²) in [4.78, 5) is 27.4. The van der Waals surface area contributed by atoms with Crippen LogP contribution in [0.1, 0.15) is 34.3 Å². The molecule has 2 aromatic rings. The summed E-state index contributed by atoms with van der Waals surface area (Å²) in [7, 11) is 3.08. The highest BCUT2D eigenvalue weighted by atomic mass is 16.5. The van der Waals surface area contributed by atoms with Crippen molar-refractivity contribution in [1.29, 1.82) is 0 Å². The zero-order valence-corrected chi connectivity index (χ0v) is 17.2. The summed E-state index contributed by atoms with van der Waals surface area (Å²) in [5.74, 6) is 0.829. The van der Waals surface area contributed by atoms with E-state index in [9.17, 15) is 9.59 Å². The van der Waals surface area contributed by atoms with Crippen LogP contribution in [-0.4, -0.2) is 44.0 Å². The van der Waals surface area contributed by atoms with Crippen LogP contribution >= 0.6 is 0 Å². The Morgan fingerprint density at radius 1 is 1.00 bits per heavy atom. The van der Waals surface area contributed by atoms with Crippen LogP contribution in [0.2, 0.25) is 0 Å². The number of methoxy groups -OCH3 is 2. The van der Waals surface area contributed by atoms with Crippen molar-refractivity contribution >= 4 is 11.8 Å². The van der Waals surface area contributed by atoms with Crippen LogP contribution in [0.4, 0.5) is 0 Å². The number of nitrogens with zero attached hydrogens (tertiary/aromatic N) is 1. The van der Waals surface area contributed by atoms with Gasteiger partial charge in [-0.15, -0.1) is 0 Å². The molecule has 1 saturated heterocycles. The number of amides is 2. The molecule has 6 nitrogen and oxygen atoms in total. The predicted octanol–water partition coefficient (Wildman–Crippen LogP) is 3.18. The fourth-order valence-electron chi connectivity index (χ4n) is 3.70. The Hall–Kier alpha value is -3.02. The van der Waals surface area contributed by atoms with Crippen molar-refractivity contribution in [3.05, 3.63) is 59.2 Å². The molecule has 6 heteroatoms. The van der Waals surface area contributed by atoms with E-state index in [0.29, 0.717) is 49.5 Å². The molecule has 0 unspecified atom stereocenters. The quantitative estimate of drug-likeness (QED) is 0.814. The summed E-state index contributed by atoms with van der Waals surface area (Å²) in [6.07, 6.45) is 1.28. The van der Waals surface area contributed by atoms with Gasteiger partial charge in [0.15, 0.2) is 0 Å². The summed E-state index contributed by atoms with van der Waals surface area (Å²) in [6, 6.07) is 13.3. The number of carbonyl (C=O) groups is 2. The van der Waals surface area contributed by atoms with Gasteiger partial charge in [0.25, 0.3) is 5.91 Å². The Morgan fingerprint density at radius 3 is 2.21 bits per heavy atom. The Bertz CT molecular complexity index is 851. The summed E-state index contributed by atoms with van der Waals surface area (Å²) < 4.78 is 10.7. The third-order valence-electron chi connectivity index (χ3n) is 5.51. The summed E-state index contributed by atoms with van der Waals surface area (Å²) in [5.41, 5.74) is 2.72. The van der Waals surface area contributed by atoms with E-state index in [0.717, 1.165) is 5.56 Å². The van der Waals surface area contributed by atoms with Gasteiger partial charge in [-0.05, 0) is 43.0 Å². The number of piperidine rings is 1. The Kier molecular flexibility index (Phi) is 6.75. The molecule has 1 fully saturated rings. The molecule has 0 saturated carbocycles. The van der Waals surface area contributed by atoms with Gasteiger partial charge in [-0.3, -0.25) is 9.59 Å². The molecule has 3 rings (SSSR count). The van der Waals surface area contributed by atoms with Crippen LogP contribution in [-0.2, 0) is 11.3 Å². The minimum absolute atomic E-state index is 0.0511. The monoisotopic (exact) mass is 396 g/mol. The molecule has 1 aliphatic heterocycles. The number of nitrogens with one attached hydrogen (secondary N) is 1. The van der Waals surface area contributed by atoms with Crippen molar-refractivity contribution < 1.29 is 19.1 Å². The number of ether oxygens (including phenoxy) is 2. The molecule has 0 radical (unpaired) electrons. The van der Waals surface area contributed by atoms with Crippen molar-refractivity contribution in [3.63, 3.8) is 0 Å². The van der Waals surface area contributed by atoms with Gasteiger partial charge >= 0.3 is 0 Å². The highest BCUT2D eigenvalue weighted by molar-refractivity contribution is 6.00. The zero-order chi connectivity index (χ0) is 20.8. The SMILES string of the molecule is COc1cccc(OC)c1C(=O)N1CCC(C(=O)NCc2ccccc2C)CC1. The van der Waals surface area contributed by atoms with Gasteiger partial charge in [0.05, 0.1) is 14.2 Å². The van der Waals surface area contributed by atoms with E-state index in [-0.39, 0.29) is 17.7 Å². The molecule has 1 N–H and O–H groups in total. The number of carbonyl (C=O) groups excluding carboxylic acids is 2. The lowest BCUT2D eigenvalue weighted by Crippen LogP contribution is -2.43. The third-order valence-corrected chi connectivity index (χ3v) is 5.51. The molecule has 0 spiro atoms. The van der Waals surface area contributed by atoms with E-state index in [4.69, 9.17) is 9.47 Å². The van der Waals surface area contributed by atoms with Gasteiger partial charge in [0.2, 0.25) is 5.91 Å².